The number of carbonyl (C=O) groups is 2. The molecule has 1 saturated heterocycles. The summed E-state index contributed by atoms with van der Waals surface area (Å²) in [6.45, 7) is 1.91. The van der Waals surface area contributed by atoms with Crippen molar-refractivity contribution in [3.05, 3.63) is 89.3 Å². The van der Waals surface area contributed by atoms with Gasteiger partial charge in [0.1, 0.15) is 5.76 Å². The largest absolute Gasteiger partial charge is 0.507 e. The normalized spacial score (nSPS) is 17.7. The number of benzene rings is 2. The summed E-state index contributed by atoms with van der Waals surface area (Å²) in [6.07, 6.45) is 3.03. The van der Waals surface area contributed by atoms with Gasteiger partial charge in [-0.15, -0.1) is 0 Å². The van der Waals surface area contributed by atoms with E-state index in [1.165, 1.54) is 30.3 Å². The van der Waals surface area contributed by atoms with E-state index in [2.05, 4.69) is 4.98 Å². The van der Waals surface area contributed by atoms with Crippen molar-refractivity contribution in [1.82, 2.24) is 4.98 Å². The average Bonchev–Trinajstić information content (AvgIpc) is 3.05. The van der Waals surface area contributed by atoms with Crippen LogP contribution in [-0.4, -0.2) is 34.0 Å². The molecular weight excluding hydrogens is 396 g/mol. The molecule has 31 heavy (non-hydrogen) atoms. The van der Waals surface area contributed by atoms with Crippen molar-refractivity contribution >= 4 is 23.1 Å². The molecule has 0 spiro atoms. The zero-order chi connectivity index (χ0) is 22.1. The molecule has 0 bridgehead atoms. The lowest BCUT2D eigenvalue weighted by molar-refractivity contribution is -0.132. The quantitative estimate of drug-likeness (QED) is 0.382. The summed E-state index contributed by atoms with van der Waals surface area (Å²) in [5.41, 5.74) is 2.26. The van der Waals surface area contributed by atoms with Gasteiger partial charge in [-0.05, 0) is 36.8 Å². The number of aliphatic hydroxyl groups is 1. The summed E-state index contributed by atoms with van der Waals surface area (Å²) in [6, 6.07) is 13.9. The molecule has 2 aromatic carbocycles. The fourth-order valence-corrected chi connectivity index (χ4v) is 3.64. The van der Waals surface area contributed by atoms with Crippen molar-refractivity contribution in [3.63, 3.8) is 0 Å². The number of ketones is 1. The smallest absolute Gasteiger partial charge is 0.300 e. The number of aryl methyl sites for hydroxylation is 1. The number of Topliss-reactive ketones (excluding diaryl/α,β-unsaturated/α-hetero) is 1. The number of aromatic hydroxyl groups is 1. The van der Waals surface area contributed by atoms with Gasteiger partial charge in [0.15, 0.2) is 11.5 Å². The van der Waals surface area contributed by atoms with E-state index in [4.69, 9.17) is 4.74 Å². The minimum absolute atomic E-state index is 0.0505. The van der Waals surface area contributed by atoms with E-state index in [-0.39, 0.29) is 22.8 Å². The first-order chi connectivity index (χ1) is 14.9. The number of nitrogens with zero attached hydrogens (tertiary/aromatic N) is 2. The van der Waals surface area contributed by atoms with E-state index >= 15 is 0 Å². The highest BCUT2D eigenvalue weighted by Crippen LogP contribution is 2.43. The maximum absolute atomic E-state index is 13.1. The molecule has 156 valence electrons. The van der Waals surface area contributed by atoms with Crippen molar-refractivity contribution in [3.8, 4) is 11.5 Å². The zero-order valence-corrected chi connectivity index (χ0v) is 16.9. The molecule has 1 atom stereocenters. The highest BCUT2D eigenvalue weighted by molar-refractivity contribution is 6.51. The van der Waals surface area contributed by atoms with Crippen LogP contribution in [0.4, 0.5) is 5.69 Å². The van der Waals surface area contributed by atoms with E-state index in [0.717, 1.165) is 5.56 Å². The molecule has 2 heterocycles. The molecule has 1 amide bonds. The number of rotatable bonds is 4. The number of phenols is 1. The number of amides is 1. The molecule has 4 rings (SSSR count). The molecule has 2 N–H and O–H groups in total. The summed E-state index contributed by atoms with van der Waals surface area (Å²) in [5.74, 6) is -1.76. The van der Waals surface area contributed by atoms with Gasteiger partial charge in [-0.25, -0.2) is 0 Å². The van der Waals surface area contributed by atoms with Crippen LogP contribution < -0.4 is 9.64 Å². The number of ether oxygens (including phenoxy) is 1. The van der Waals surface area contributed by atoms with Gasteiger partial charge in [0.05, 0.1) is 30.6 Å². The third kappa shape index (κ3) is 3.50. The molecule has 1 aliphatic heterocycles. The molecule has 0 radical (unpaired) electrons. The maximum Gasteiger partial charge on any atom is 0.300 e. The fraction of sp³-hybridized carbons (Fsp3) is 0.125. The lowest BCUT2D eigenvalue weighted by Gasteiger charge is -2.25. The molecular formula is C24H20N2O5. The number of hydrogen-bond acceptors (Lipinski definition) is 6. The van der Waals surface area contributed by atoms with Crippen LogP contribution in [0.2, 0.25) is 0 Å². The van der Waals surface area contributed by atoms with Gasteiger partial charge in [0.2, 0.25) is 0 Å². The first-order valence-electron chi connectivity index (χ1n) is 9.57. The lowest BCUT2D eigenvalue weighted by Crippen LogP contribution is -2.29. The number of anilines is 1. The van der Waals surface area contributed by atoms with E-state index in [1.54, 1.807) is 36.5 Å². The topological polar surface area (TPSA) is 100.0 Å². The van der Waals surface area contributed by atoms with Crippen molar-refractivity contribution in [1.29, 1.82) is 0 Å². The standard InChI is InChI=1S/C24H20N2O5/c1-14-5-7-15(8-6-14)22(28)20-21(16-9-10-18(27)19(12-16)31-2)26(24(30)23(20)29)17-4-3-11-25-13-17/h3-13,21,27-28H,1-2H3/b22-20-. The van der Waals surface area contributed by atoms with Crippen molar-refractivity contribution in [2.45, 2.75) is 13.0 Å². The average molecular weight is 416 g/mol. The summed E-state index contributed by atoms with van der Waals surface area (Å²) in [4.78, 5) is 31.4. The van der Waals surface area contributed by atoms with Crippen LogP contribution >= 0.6 is 0 Å². The molecule has 0 aliphatic carbocycles. The van der Waals surface area contributed by atoms with Crippen LogP contribution in [-0.2, 0) is 9.59 Å². The number of carbonyl (C=O) groups excluding carboxylic acids is 2. The molecule has 1 unspecified atom stereocenters. The van der Waals surface area contributed by atoms with E-state index < -0.39 is 17.7 Å². The monoisotopic (exact) mass is 416 g/mol. The number of aliphatic hydroxyl groups excluding tert-OH is 1. The Kier molecular flexibility index (Phi) is 5.17. The van der Waals surface area contributed by atoms with E-state index in [9.17, 15) is 19.8 Å². The first-order valence-corrected chi connectivity index (χ1v) is 9.57. The Morgan fingerprint density at radius 2 is 1.84 bits per heavy atom. The Hall–Kier alpha value is -4.13. The van der Waals surface area contributed by atoms with Gasteiger partial charge in [0.25, 0.3) is 11.7 Å². The molecule has 0 saturated carbocycles. The lowest BCUT2D eigenvalue weighted by atomic mass is 9.94. The summed E-state index contributed by atoms with van der Waals surface area (Å²) < 4.78 is 5.20. The van der Waals surface area contributed by atoms with Crippen molar-refractivity contribution < 1.29 is 24.5 Å². The molecule has 1 fully saturated rings. The van der Waals surface area contributed by atoms with Gasteiger partial charge < -0.3 is 14.9 Å². The third-order valence-electron chi connectivity index (χ3n) is 5.21. The predicted octanol–water partition coefficient (Wildman–Crippen LogP) is 3.73. The number of phenolic OH excluding ortho intramolecular Hbond substituents is 1. The second kappa shape index (κ2) is 7.95. The second-order valence-electron chi connectivity index (χ2n) is 7.18. The Labute approximate surface area is 178 Å². The van der Waals surface area contributed by atoms with Crippen LogP contribution in [0, 0.1) is 6.92 Å². The van der Waals surface area contributed by atoms with Gasteiger partial charge in [0, 0.05) is 11.8 Å². The maximum atomic E-state index is 13.1. The number of hydrogen-bond donors (Lipinski definition) is 2. The van der Waals surface area contributed by atoms with Crippen LogP contribution in [0.15, 0.2) is 72.6 Å². The first kappa shape index (κ1) is 20.2. The Morgan fingerprint density at radius 1 is 1.10 bits per heavy atom. The summed E-state index contributed by atoms with van der Waals surface area (Å²) in [5, 5.41) is 21.1. The number of aromatic nitrogens is 1. The minimum atomic E-state index is -0.931. The summed E-state index contributed by atoms with van der Waals surface area (Å²) in [7, 11) is 1.41. The van der Waals surface area contributed by atoms with Crippen molar-refractivity contribution in [2.75, 3.05) is 12.0 Å². The molecule has 7 heteroatoms. The summed E-state index contributed by atoms with van der Waals surface area (Å²) >= 11 is 0. The molecule has 7 nitrogen and oxygen atoms in total. The number of pyridine rings is 1. The fourth-order valence-electron chi connectivity index (χ4n) is 3.64. The SMILES string of the molecule is COc1cc(C2/C(=C(/O)c3ccc(C)cc3)C(=O)C(=O)N2c2cccnc2)ccc1O. The van der Waals surface area contributed by atoms with E-state index in [1.807, 2.05) is 19.1 Å². The Balaban J connectivity index is 1.96. The van der Waals surface area contributed by atoms with Crippen LogP contribution in [0.3, 0.4) is 0 Å². The van der Waals surface area contributed by atoms with Crippen LogP contribution in [0.25, 0.3) is 5.76 Å². The van der Waals surface area contributed by atoms with Gasteiger partial charge in [-0.3, -0.25) is 19.5 Å². The van der Waals surface area contributed by atoms with Crippen LogP contribution in [0.5, 0.6) is 11.5 Å². The van der Waals surface area contributed by atoms with Gasteiger partial charge >= 0.3 is 0 Å². The predicted molar refractivity (Wildman–Crippen MR) is 115 cm³/mol. The van der Waals surface area contributed by atoms with Gasteiger partial charge in [-0.2, -0.15) is 0 Å². The molecule has 3 aromatic rings. The van der Waals surface area contributed by atoms with Gasteiger partial charge in [-0.1, -0.05) is 35.9 Å². The third-order valence-corrected chi connectivity index (χ3v) is 5.21. The highest BCUT2D eigenvalue weighted by Gasteiger charge is 2.47. The molecule has 1 aliphatic rings. The zero-order valence-electron chi connectivity index (χ0n) is 16.9. The number of methoxy groups -OCH3 is 1. The van der Waals surface area contributed by atoms with Crippen molar-refractivity contribution in [2.24, 2.45) is 0 Å². The Morgan fingerprint density at radius 3 is 2.48 bits per heavy atom. The second-order valence-corrected chi connectivity index (χ2v) is 7.18. The van der Waals surface area contributed by atoms with E-state index in [0.29, 0.717) is 16.8 Å². The Bertz CT molecular complexity index is 1190. The molecule has 1 aromatic heterocycles. The van der Waals surface area contributed by atoms with Crippen LogP contribution in [0.1, 0.15) is 22.7 Å². The highest BCUT2D eigenvalue weighted by atomic mass is 16.5. The minimum Gasteiger partial charge on any atom is -0.507 e.